The highest BCUT2D eigenvalue weighted by atomic mass is 16.7. The molecule has 4 rings (SSSR count). The molecule has 2 N–H and O–H groups in total. The number of rotatable bonds is 6. The van der Waals surface area contributed by atoms with Gasteiger partial charge in [0.25, 0.3) is 11.6 Å². The molecule has 30 heavy (non-hydrogen) atoms. The highest BCUT2D eigenvalue weighted by molar-refractivity contribution is 6.02. The molecule has 0 spiro atoms. The van der Waals surface area contributed by atoms with Crippen LogP contribution in [0, 0.1) is 21.4 Å². The maximum atomic E-state index is 12.5. The first-order valence-electron chi connectivity index (χ1n) is 9.10. The first kappa shape index (κ1) is 19.0. The molecule has 0 radical (unpaired) electrons. The molecule has 1 aliphatic heterocycles. The van der Waals surface area contributed by atoms with Gasteiger partial charge in [-0.15, -0.1) is 0 Å². The van der Waals surface area contributed by atoms with Gasteiger partial charge in [0.2, 0.25) is 6.79 Å². The van der Waals surface area contributed by atoms with Crippen LogP contribution >= 0.6 is 0 Å². The number of carbonyl (C=O) groups is 1. The Morgan fingerprint density at radius 2 is 2.07 bits per heavy atom. The first-order valence-corrected chi connectivity index (χ1v) is 9.10. The number of hydrogen-bond acceptors (Lipinski definition) is 6. The first-order chi connectivity index (χ1) is 14.6. The van der Waals surface area contributed by atoms with E-state index in [0.29, 0.717) is 18.7 Å². The lowest BCUT2D eigenvalue weighted by Gasteiger charge is -2.05. The largest absolute Gasteiger partial charge is 0.454 e. The number of aromatic nitrogens is 1. The van der Waals surface area contributed by atoms with Gasteiger partial charge in [-0.3, -0.25) is 14.9 Å². The van der Waals surface area contributed by atoms with Crippen LogP contribution in [-0.2, 0) is 11.2 Å². The topological polar surface area (TPSA) is 130 Å². The number of carbonyl (C=O) groups excluding carboxylic acids is 1. The second-order valence-corrected chi connectivity index (χ2v) is 6.56. The van der Waals surface area contributed by atoms with Crippen LogP contribution in [0.3, 0.4) is 0 Å². The molecular weight excluding hydrogens is 388 g/mol. The van der Waals surface area contributed by atoms with Crippen molar-refractivity contribution in [3.05, 3.63) is 69.4 Å². The van der Waals surface area contributed by atoms with Crippen molar-refractivity contribution in [2.24, 2.45) is 0 Å². The fraction of sp³-hybridized carbons (Fsp3) is 0.143. The smallest absolute Gasteiger partial charge is 0.280 e. The number of hydrogen-bond donors (Lipinski definition) is 2. The van der Waals surface area contributed by atoms with Crippen LogP contribution in [0.5, 0.6) is 11.5 Å². The van der Waals surface area contributed by atoms with Crippen molar-refractivity contribution < 1.29 is 19.2 Å². The molecular formula is C21H16N4O5. The number of amides is 1. The van der Waals surface area contributed by atoms with Gasteiger partial charge in [0.1, 0.15) is 11.6 Å². The summed E-state index contributed by atoms with van der Waals surface area (Å²) in [5, 5.41) is 24.5. The molecule has 9 nitrogen and oxygen atoms in total. The minimum absolute atomic E-state index is 0.0426. The highest BCUT2D eigenvalue weighted by Crippen LogP contribution is 2.38. The van der Waals surface area contributed by atoms with E-state index in [9.17, 15) is 20.2 Å². The van der Waals surface area contributed by atoms with Gasteiger partial charge < -0.3 is 19.8 Å². The van der Waals surface area contributed by atoms with E-state index in [2.05, 4.69) is 10.3 Å². The number of para-hydroxylation sites is 1. The minimum atomic E-state index is -0.607. The summed E-state index contributed by atoms with van der Waals surface area (Å²) in [4.78, 5) is 26.4. The third kappa shape index (κ3) is 3.66. The van der Waals surface area contributed by atoms with Gasteiger partial charge in [-0.05, 0) is 30.2 Å². The van der Waals surface area contributed by atoms with E-state index in [1.165, 1.54) is 18.2 Å². The highest BCUT2D eigenvalue weighted by Gasteiger charge is 2.23. The average molecular weight is 404 g/mol. The van der Waals surface area contributed by atoms with Crippen LogP contribution in [0.2, 0.25) is 0 Å². The number of H-pyrrole nitrogens is 1. The molecule has 0 unspecified atom stereocenters. The monoisotopic (exact) mass is 404 g/mol. The molecule has 0 aliphatic carbocycles. The Morgan fingerprint density at radius 1 is 1.30 bits per heavy atom. The summed E-state index contributed by atoms with van der Waals surface area (Å²) in [6.07, 6.45) is 3.63. The zero-order chi connectivity index (χ0) is 21.1. The molecule has 150 valence electrons. The SMILES string of the molecule is N#C/C(=C\c1cc2c(cc1[N+](=O)[O-])OCO2)C(=O)NCCc1c[nH]c2ccccc12. The number of nitro benzene ring substituents is 1. The van der Waals surface area contributed by atoms with Crippen molar-refractivity contribution in [3.8, 4) is 17.6 Å². The standard InChI is InChI=1S/C21H16N4O5/c22-10-15(7-14-8-19-20(30-12-29-19)9-18(14)25(27)28)21(26)23-6-5-13-11-24-17-4-2-1-3-16(13)17/h1-4,7-9,11,24H,5-6,12H2,(H,23,26)/b15-7+. The van der Waals surface area contributed by atoms with Gasteiger partial charge >= 0.3 is 0 Å². The predicted molar refractivity (Wildman–Crippen MR) is 108 cm³/mol. The van der Waals surface area contributed by atoms with Crippen LogP contribution < -0.4 is 14.8 Å². The summed E-state index contributed by atoms with van der Waals surface area (Å²) in [6, 6.07) is 12.2. The molecule has 9 heteroatoms. The summed E-state index contributed by atoms with van der Waals surface area (Å²) < 4.78 is 10.4. The Hall–Kier alpha value is -4.32. The van der Waals surface area contributed by atoms with Crippen LogP contribution in [-0.4, -0.2) is 29.2 Å². The molecule has 3 aromatic rings. The number of nitrogens with zero attached hydrogens (tertiary/aromatic N) is 2. The summed E-state index contributed by atoms with van der Waals surface area (Å²) >= 11 is 0. The second-order valence-electron chi connectivity index (χ2n) is 6.56. The number of nitro groups is 1. The van der Waals surface area contributed by atoms with E-state index in [1.807, 2.05) is 30.5 Å². The fourth-order valence-electron chi connectivity index (χ4n) is 3.27. The summed E-state index contributed by atoms with van der Waals surface area (Å²) in [6.45, 7) is 0.266. The normalized spacial score (nSPS) is 12.6. The number of fused-ring (bicyclic) bond motifs is 2. The Kier molecular flexibility index (Phi) is 5.05. The van der Waals surface area contributed by atoms with E-state index >= 15 is 0 Å². The van der Waals surface area contributed by atoms with Gasteiger partial charge in [-0.1, -0.05) is 18.2 Å². The molecule has 1 amide bonds. The molecule has 1 aliphatic rings. The zero-order valence-corrected chi connectivity index (χ0v) is 15.7. The van der Waals surface area contributed by atoms with E-state index < -0.39 is 10.8 Å². The quantitative estimate of drug-likeness (QED) is 0.281. The molecule has 0 atom stereocenters. The van der Waals surface area contributed by atoms with Crippen LogP contribution in [0.4, 0.5) is 5.69 Å². The lowest BCUT2D eigenvalue weighted by atomic mass is 10.1. The van der Waals surface area contributed by atoms with Crippen LogP contribution in [0.25, 0.3) is 17.0 Å². The Labute approximate surface area is 170 Å². The second kappa shape index (κ2) is 7.97. The van der Waals surface area contributed by atoms with Crippen LogP contribution in [0.1, 0.15) is 11.1 Å². The number of benzene rings is 2. The molecule has 0 saturated heterocycles. The molecule has 0 fully saturated rings. The maximum absolute atomic E-state index is 12.5. The van der Waals surface area contributed by atoms with Crippen molar-refractivity contribution >= 4 is 28.6 Å². The third-order valence-electron chi connectivity index (χ3n) is 4.74. The lowest BCUT2D eigenvalue weighted by Crippen LogP contribution is -2.26. The number of nitrogens with one attached hydrogen (secondary N) is 2. The van der Waals surface area contributed by atoms with E-state index in [1.54, 1.807) is 6.07 Å². The third-order valence-corrected chi connectivity index (χ3v) is 4.74. The van der Waals surface area contributed by atoms with Gasteiger partial charge in [0.05, 0.1) is 16.6 Å². The van der Waals surface area contributed by atoms with Crippen LogP contribution in [0.15, 0.2) is 48.2 Å². The molecule has 1 aromatic heterocycles. The Bertz CT molecular complexity index is 1220. The van der Waals surface area contributed by atoms with Crippen molar-refractivity contribution in [1.82, 2.24) is 10.3 Å². The average Bonchev–Trinajstić information content (AvgIpc) is 3.37. The Morgan fingerprint density at radius 3 is 2.83 bits per heavy atom. The number of nitriles is 1. The van der Waals surface area contributed by atoms with Gasteiger partial charge in [0.15, 0.2) is 11.5 Å². The Balaban J connectivity index is 1.50. The van der Waals surface area contributed by atoms with E-state index in [-0.39, 0.29) is 29.4 Å². The predicted octanol–water partition coefficient (Wildman–Crippen LogP) is 3.07. The van der Waals surface area contributed by atoms with Gasteiger partial charge in [-0.25, -0.2) is 0 Å². The maximum Gasteiger partial charge on any atom is 0.280 e. The summed E-state index contributed by atoms with van der Waals surface area (Å²) in [7, 11) is 0. The van der Waals surface area contributed by atoms with Crippen molar-refractivity contribution in [1.29, 1.82) is 5.26 Å². The summed E-state index contributed by atoms with van der Waals surface area (Å²) in [5.74, 6) is -0.0336. The molecule has 0 saturated carbocycles. The van der Waals surface area contributed by atoms with Crippen molar-refractivity contribution in [2.45, 2.75) is 6.42 Å². The van der Waals surface area contributed by atoms with E-state index in [0.717, 1.165) is 16.5 Å². The molecule has 0 bridgehead atoms. The molecule has 2 aromatic carbocycles. The van der Waals surface area contributed by atoms with Gasteiger partial charge in [-0.2, -0.15) is 5.26 Å². The van der Waals surface area contributed by atoms with Crippen molar-refractivity contribution in [3.63, 3.8) is 0 Å². The lowest BCUT2D eigenvalue weighted by molar-refractivity contribution is -0.385. The number of ether oxygens (including phenoxy) is 2. The zero-order valence-electron chi connectivity index (χ0n) is 15.7. The summed E-state index contributed by atoms with van der Waals surface area (Å²) in [5.41, 5.74) is 1.62. The minimum Gasteiger partial charge on any atom is -0.454 e. The number of aromatic amines is 1. The fourth-order valence-corrected chi connectivity index (χ4v) is 3.27. The van der Waals surface area contributed by atoms with Gasteiger partial charge in [0, 0.05) is 23.6 Å². The van der Waals surface area contributed by atoms with E-state index in [4.69, 9.17) is 9.47 Å². The van der Waals surface area contributed by atoms with Crippen molar-refractivity contribution in [2.75, 3.05) is 13.3 Å². The molecule has 2 heterocycles.